The maximum atomic E-state index is 9.71. The van der Waals surface area contributed by atoms with Gasteiger partial charge in [0.1, 0.15) is 0 Å². The molecule has 3 rings (SSSR count). The lowest BCUT2D eigenvalue weighted by atomic mass is 10.1. The number of guanidine groups is 1. The van der Waals surface area contributed by atoms with Crippen LogP contribution in [0, 0.1) is 0 Å². The Labute approximate surface area is 174 Å². The van der Waals surface area contributed by atoms with Gasteiger partial charge in [-0.05, 0) is 30.4 Å². The average molecular weight is 472 g/mol. The number of aliphatic imine (C=N–C) groups is 1. The third-order valence-corrected chi connectivity index (χ3v) is 5.39. The molecule has 1 aliphatic carbocycles. The summed E-state index contributed by atoms with van der Waals surface area (Å²) in [5.74, 6) is 0.568. The van der Waals surface area contributed by atoms with Gasteiger partial charge < -0.3 is 16.2 Å². The van der Waals surface area contributed by atoms with Crippen LogP contribution < -0.4 is 11.1 Å². The number of nitrogens with zero attached hydrogens (tertiary/aromatic N) is 2. The van der Waals surface area contributed by atoms with Crippen LogP contribution in [-0.2, 0) is 13.1 Å². The second-order valence-electron chi connectivity index (χ2n) is 7.48. The number of hydrogen-bond acceptors (Lipinski definition) is 3. The van der Waals surface area contributed by atoms with Crippen molar-refractivity contribution in [2.45, 2.75) is 70.2 Å². The lowest BCUT2D eigenvalue weighted by Crippen LogP contribution is -2.39. The molecule has 1 atom stereocenters. The topological polar surface area (TPSA) is 73.9 Å². The van der Waals surface area contributed by atoms with Gasteiger partial charge in [-0.15, -0.1) is 24.0 Å². The van der Waals surface area contributed by atoms with Crippen LogP contribution in [0.15, 0.2) is 29.3 Å². The molecule has 26 heavy (non-hydrogen) atoms. The van der Waals surface area contributed by atoms with E-state index in [0.717, 1.165) is 26.1 Å². The number of rotatable bonds is 5. The van der Waals surface area contributed by atoms with Crippen molar-refractivity contribution in [1.82, 2.24) is 10.2 Å². The standard InChI is InChI=1S/C20H32N4O.HI/c21-20(23-18-9-3-1-2-4-10-18)22-13-16-7-5-6-8-17(16)14-24-12-11-19(25)15-24;/h5-8,18-19,25H,1-4,9-15H2,(H3,21,22,23);1H. The Kier molecular flexibility index (Phi) is 9.15. The number of likely N-dealkylation sites (tertiary alicyclic amines) is 1. The molecular weight excluding hydrogens is 439 g/mol. The van der Waals surface area contributed by atoms with E-state index in [9.17, 15) is 5.11 Å². The Hall–Kier alpha value is -0.860. The number of benzene rings is 1. The summed E-state index contributed by atoms with van der Waals surface area (Å²) in [6.45, 7) is 3.21. The van der Waals surface area contributed by atoms with Gasteiger partial charge in [-0.3, -0.25) is 4.90 Å². The fourth-order valence-corrected chi connectivity index (χ4v) is 3.91. The van der Waals surface area contributed by atoms with Gasteiger partial charge in [0.05, 0.1) is 12.6 Å². The van der Waals surface area contributed by atoms with Gasteiger partial charge >= 0.3 is 0 Å². The second-order valence-corrected chi connectivity index (χ2v) is 7.48. The second kappa shape index (κ2) is 11.1. The quantitative estimate of drug-likeness (QED) is 0.267. The van der Waals surface area contributed by atoms with Gasteiger partial charge in [0, 0.05) is 25.7 Å². The van der Waals surface area contributed by atoms with Crippen molar-refractivity contribution in [3.63, 3.8) is 0 Å². The highest BCUT2D eigenvalue weighted by Gasteiger charge is 2.20. The smallest absolute Gasteiger partial charge is 0.189 e. The van der Waals surface area contributed by atoms with E-state index < -0.39 is 0 Å². The van der Waals surface area contributed by atoms with Crippen LogP contribution in [0.3, 0.4) is 0 Å². The number of nitrogens with one attached hydrogen (secondary N) is 1. The van der Waals surface area contributed by atoms with Gasteiger partial charge in [-0.25, -0.2) is 4.99 Å². The minimum absolute atomic E-state index is 0. The molecule has 0 spiro atoms. The highest BCUT2D eigenvalue weighted by atomic mass is 127. The van der Waals surface area contributed by atoms with Crippen LogP contribution in [0.2, 0.25) is 0 Å². The maximum absolute atomic E-state index is 9.71. The molecule has 6 heteroatoms. The summed E-state index contributed by atoms with van der Waals surface area (Å²) in [6, 6.07) is 8.89. The summed E-state index contributed by atoms with van der Waals surface area (Å²) in [5.41, 5.74) is 8.63. The molecule has 2 aliphatic rings. The summed E-state index contributed by atoms with van der Waals surface area (Å²) in [7, 11) is 0. The van der Waals surface area contributed by atoms with Crippen molar-refractivity contribution in [2.24, 2.45) is 10.7 Å². The molecule has 1 aromatic carbocycles. The zero-order valence-electron chi connectivity index (χ0n) is 15.6. The predicted octanol–water partition coefficient (Wildman–Crippen LogP) is 3.00. The number of halogens is 1. The Balaban J connectivity index is 0.00000243. The van der Waals surface area contributed by atoms with Crippen LogP contribution >= 0.6 is 24.0 Å². The third kappa shape index (κ3) is 6.70. The molecule has 2 fully saturated rings. The van der Waals surface area contributed by atoms with Crippen LogP contribution in [-0.4, -0.2) is 41.2 Å². The fraction of sp³-hybridized carbons (Fsp3) is 0.650. The first-order chi connectivity index (χ1) is 12.2. The van der Waals surface area contributed by atoms with Crippen LogP contribution in [0.4, 0.5) is 0 Å². The molecule has 1 heterocycles. The zero-order chi connectivity index (χ0) is 17.5. The molecule has 4 N–H and O–H groups in total. The van der Waals surface area contributed by atoms with Crippen LogP contribution in [0.25, 0.3) is 0 Å². The van der Waals surface area contributed by atoms with Crippen molar-refractivity contribution in [1.29, 1.82) is 0 Å². The lowest BCUT2D eigenvalue weighted by molar-refractivity contribution is 0.174. The molecule has 5 nitrogen and oxygen atoms in total. The summed E-state index contributed by atoms with van der Waals surface area (Å²) in [6.07, 6.45) is 8.35. The van der Waals surface area contributed by atoms with Gasteiger partial charge in [0.25, 0.3) is 0 Å². The van der Waals surface area contributed by atoms with Gasteiger partial charge in [0.15, 0.2) is 5.96 Å². The van der Waals surface area contributed by atoms with Gasteiger partial charge in [-0.1, -0.05) is 49.9 Å². The molecule has 1 saturated heterocycles. The molecule has 1 saturated carbocycles. The fourth-order valence-electron chi connectivity index (χ4n) is 3.91. The molecule has 0 amide bonds. The third-order valence-electron chi connectivity index (χ3n) is 5.39. The first-order valence-electron chi connectivity index (χ1n) is 9.74. The highest BCUT2D eigenvalue weighted by molar-refractivity contribution is 14.0. The highest BCUT2D eigenvalue weighted by Crippen LogP contribution is 2.18. The van der Waals surface area contributed by atoms with Crippen molar-refractivity contribution >= 4 is 29.9 Å². The molecule has 1 aliphatic heterocycles. The van der Waals surface area contributed by atoms with E-state index in [2.05, 4.69) is 39.5 Å². The minimum atomic E-state index is -0.176. The number of aliphatic hydroxyl groups excluding tert-OH is 1. The maximum Gasteiger partial charge on any atom is 0.189 e. The summed E-state index contributed by atoms with van der Waals surface area (Å²) >= 11 is 0. The number of β-amino-alcohol motifs (C(OH)–C–C–N with tert-alkyl or cyclic N) is 1. The molecular formula is C20H33IN4O. The lowest BCUT2D eigenvalue weighted by Gasteiger charge is -2.18. The Bertz CT molecular complexity index is 573. The van der Waals surface area contributed by atoms with E-state index in [1.165, 1.54) is 49.7 Å². The number of aliphatic hydroxyl groups is 1. The Morgan fingerprint density at radius 1 is 1.12 bits per heavy atom. The van der Waals surface area contributed by atoms with Crippen molar-refractivity contribution < 1.29 is 5.11 Å². The normalized spacial score (nSPS) is 22.7. The summed E-state index contributed by atoms with van der Waals surface area (Å²) in [5, 5.41) is 13.1. The van der Waals surface area contributed by atoms with Crippen LogP contribution in [0.5, 0.6) is 0 Å². The monoisotopic (exact) mass is 472 g/mol. The number of nitrogens with two attached hydrogens (primary N) is 1. The summed E-state index contributed by atoms with van der Waals surface area (Å²) in [4.78, 5) is 6.89. The first kappa shape index (κ1) is 21.4. The molecule has 0 aromatic heterocycles. The number of hydrogen-bond donors (Lipinski definition) is 3. The first-order valence-corrected chi connectivity index (χ1v) is 9.74. The molecule has 0 bridgehead atoms. The van der Waals surface area contributed by atoms with Crippen molar-refractivity contribution in [3.8, 4) is 0 Å². The average Bonchev–Trinajstić information content (AvgIpc) is 2.85. The van der Waals surface area contributed by atoms with E-state index >= 15 is 0 Å². The van der Waals surface area contributed by atoms with E-state index in [1.54, 1.807) is 0 Å². The summed E-state index contributed by atoms with van der Waals surface area (Å²) < 4.78 is 0. The zero-order valence-corrected chi connectivity index (χ0v) is 17.9. The molecule has 146 valence electrons. The Morgan fingerprint density at radius 2 is 1.81 bits per heavy atom. The molecule has 1 aromatic rings. The SMILES string of the molecule is I.NC(=NCc1ccccc1CN1CCC(O)C1)NC1CCCCCC1. The minimum Gasteiger partial charge on any atom is -0.392 e. The van der Waals surface area contributed by atoms with E-state index in [4.69, 9.17) is 5.73 Å². The molecule has 1 unspecified atom stereocenters. The van der Waals surface area contributed by atoms with Crippen molar-refractivity contribution in [2.75, 3.05) is 13.1 Å². The largest absolute Gasteiger partial charge is 0.392 e. The predicted molar refractivity (Wildman–Crippen MR) is 118 cm³/mol. The van der Waals surface area contributed by atoms with E-state index in [1.807, 2.05) is 0 Å². The van der Waals surface area contributed by atoms with Crippen LogP contribution in [0.1, 0.15) is 56.1 Å². The molecule has 0 radical (unpaired) electrons. The van der Waals surface area contributed by atoms with E-state index in [0.29, 0.717) is 18.5 Å². The van der Waals surface area contributed by atoms with Gasteiger partial charge in [-0.2, -0.15) is 0 Å². The van der Waals surface area contributed by atoms with Crippen molar-refractivity contribution in [3.05, 3.63) is 35.4 Å². The van der Waals surface area contributed by atoms with Gasteiger partial charge in [0.2, 0.25) is 0 Å². The Morgan fingerprint density at radius 3 is 2.46 bits per heavy atom. The van der Waals surface area contributed by atoms with E-state index in [-0.39, 0.29) is 30.1 Å².